The van der Waals surface area contributed by atoms with Crippen molar-refractivity contribution in [2.45, 2.75) is 12.8 Å². The van der Waals surface area contributed by atoms with Crippen LogP contribution in [0, 0.1) is 5.92 Å². The molecule has 0 aromatic heterocycles. The van der Waals surface area contributed by atoms with Crippen LogP contribution in [0.2, 0.25) is 0 Å². The highest BCUT2D eigenvalue weighted by Crippen LogP contribution is 2.12. The summed E-state index contributed by atoms with van der Waals surface area (Å²) in [4.78, 5) is 15.1. The SMILES string of the molecule is O=C1CN(CC(F)F)CCN1CCC1CNC1. The normalized spacial score (nSPS) is 23.2. The molecule has 0 aromatic rings. The van der Waals surface area contributed by atoms with Gasteiger partial charge in [0.25, 0.3) is 6.43 Å². The molecule has 1 amide bonds. The molecule has 0 atom stereocenters. The zero-order chi connectivity index (χ0) is 12.3. The van der Waals surface area contributed by atoms with E-state index in [2.05, 4.69) is 5.32 Å². The fourth-order valence-corrected chi connectivity index (χ4v) is 2.24. The predicted octanol–water partition coefficient (Wildman–Crippen LogP) is 0.00520. The van der Waals surface area contributed by atoms with E-state index in [1.807, 2.05) is 0 Å². The van der Waals surface area contributed by atoms with E-state index in [9.17, 15) is 13.6 Å². The summed E-state index contributed by atoms with van der Waals surface area (Å²) < 4.78 is 24.4. The Morgan fingerprint density at radius 2 is 2.12 bits per heavy atom. The lowest BCUT2D eigenvalue weighted by molar-refractivity contribution is -0.136. The number of nitrogens with zero attached hydrogens (tertiary/aromatic N) is 2. The molecule has 0 spiro atoms. The number of halogens is 2. The van der Waals surface area contributed by atoms with Crippen molar-refractivity contribution in [2.24, 2.45) is 5.92 Å². The Morgan fingerprint density at radius 1 is 1.35 bits per heavy atom. The van der Waals surface area contributed by atoms with Crippen LogP contribution >= 0.6 is 0 Å². The molecule has 17 heavy (non-hydrogen) atoms. The first-order valence-electron chi connectivity index (χ1n) is 6.14. The molecule has 1 N–H and O–H groups in total. The van der Waals surface area contributed by atoms with Gasteiger partial charge in [-0.25, -0.2) is 8.78 Å². The maximum Gasteiger partial charge on any atom is 0.251 e. The second kappa shape index (κ2) is 5.73. The van der Waals surface area contributed by atoms with Crippen molar-refractivity contribution in [3.63, 3.8) is 0 Å². The van der Waals surface area contributed by atoms with Gasteiger partial charge in [0.05, 0.1) is 13.1 Å². The average molecular weight is 247 g/mol. The van der Waals surface area contributed by atoms with Crippen molar-refractivity contribution in [1.29, 1.82) is 0 Å². The summed E-state index contributed by atoms with van der Waals surface area (Å²) in [6.45, 7) is 3.87. The summed E-state index contributed by atoms with van der Waals surface area (Å²) in [5, 5.41) is 3.19. The zero-order valence-electron chi connectivity index (χ0n) is 9.87. The number of nitrogens with one attached hydrogen (secondary N) is 1. The lowest BCUT2D eigenvalue weighted by Gasteiger charge is -2.36. The van der Waals surface area contributed by atoms with E-state index in [0.29, 0.717) is 19.0 Å². The number of alkyl halides is 2. The molecule has 2 aliphatic heterocycles. The highest BCUT2D eigenvalue weighted by molar-refractivity contribution is 5.79. The largest absolute Gasteiger partial charge is 0.340 e. The Hall–Kier alpha value is -0.750. The van der Waals surface area contributed by atoms with Gasteiger partial charge in [0, 0.05) is 19.6 Å². The summed E-state index contributed by atoms with van der Waals surface area (Å²) in [5.41, 5.74) is 0. The lowest BCUT2D eigenvalue weighted by Crippen LogP contribution is -2.52. The van der Waals surface area contributed by atoms with Gasteiger partial charge in [-0.05, 0) is 25.4 Å². The third-order valence-electron chi connectivity index (χ3n) is 3.47. The fraction of sp³-hybridized carbons (Fsp3) is 0.909. The first-order chi connectivity index (χ1) is 8.15. The Bertz CT molecular complexity index is 271. The van der Waals surface area contributed by atoms with Gasteiger partial charge >= 0.3 is 0 Å². The number of hydrogen-bond acceptors (Lipinski definition) is 3. The van der Waals surface area contributed by atoms with E-state index >= 15 is 0 Å². The van der Waals surface area contributed by atoms with Crippen LogP contribution in [0.15, 0.2) is 0 Å². The number of hydrogen-bond donors (Lipinski definition) is 1. The molecular weight excluding hydrogens is 228 g/mol. The number of amides is 1. The first kappa shape index (κ1) is 12.7. The predicted molar refractivity (Wildman–Crippen MR) is 60.0 cm³/mol. The van der Waals surface area contributed by atoms with Crippen LogP contribution in [-0.4, -0.2) is 67.9 Å². The minimum Gasteiger partial charge on any atom is -0.340 e. The number of carbonyl (C=O) groups excluding carboxylic acids is 1. The molecule has 0 aromatic carbocycles. The third-order valence-corrected chi connectivity index (χ3v) is 3.47. The van der Waals surface area contributed by atoms with Crippen molar-refractivity contribution in [1.82, 2.24) is 15.1 Å². The van der Waals surface area contributed by atoms with Gasteiger partial charge in [-0.2, -0.15) is 0 Å². The van der Waals surface area contributed by atoms with Gasteiger partial charge in [-0.1, -0.05) is 0 Å². The maximum absolute atomic E-state index is 12.2. The topological polar surface area (TPSA) is 35.6 Å². The molecule has 6 heteroatoms. The third kappa shape index (κ3) is 3.61. The lowest BCUT2D eigenvalue weighted by atomic mass is 9.99. The zero-order valence-corrected chi connectivity index (χ0v) is 9.87. The summed E-state index contributed by atoms with van der Waals surface area (Å²) in [5.74, 6) is 0.672. The maximum atomic E-state index is 12.2. The highest BCUT2D eigenvalue weighted by Gasteiger charge is 2.26. The molecule has 0 aliphatic carbocycles. The first-order valence-corrected chi connectivity index (χ1v) is 6.14. The summed E-state index contributed by atoms with van der Waals surface area (Å²) >= 11 is 0. The van der Waals surface area contributed by atoms with Gasteiger partial charge in [-0.3, -0.25) is 9.69 Å². The molecule has 2 aliphatic rings. The highest BCUT2D eigenvalue weighted by atomic mass is 19.3. The van der Waals surface area contributed by atoms with Crippen LogP contribution in [-0.2, 0) is 4.79 Å². The molecule has 98 valence electrons. The molecule has 2 saturated heterocycles. The quantitative estimate of drug-likeness (QED) is 0.743. The van der Waals surface area contributed by atoms with Gasteiger partial charge in [0.15, 0.2) is 0 Å². The molecular formula is C11H19F2N3O. The number of piperazine rings is 1. The molecule has 0 radical (unpaired) electrons. The molecule has 2 heterocycles. The second-order valence-corrected chi connectivity index (χ2v) is 4.82. The molecule has 0 bridgehead atoms. The molecule has 0 unspecified atom stereocenters. The number of carbonyl (C=O) groups is 1. The second-order valence-electron chi connectivity index (χ2n) is 4.82. The Labute approximate surface area is 99.9 Å². The summed E-state index contributed by atoms with van der Waals surface area (Å²) in [6.07, 6.45) is -1.33. The van der Waals surface area contributed by atoms with E-state index in [-0.39, 0.29) is 19.0 Å². The molecule has 0 saturated carbocycles. The van der Waals surface area contributed by atoms with E-state index in [0.717, 1.165) is 26.1 Å². The smallest absolute Gasteiger partial charge is 0.251 e. The van der Waals surface area contributed by atoms with Crippen LogP contribution in [0.4, 0.5) is 8.78 Å². The summed E-state index contributed by atoms with van der Waals surface area (Å²) in [7, 11) is 0. The molecule has 2 fully saturated rings. The Balaban J connectivity index is 1.69. The van der Waals surface area contributed by atoms with Crippen LogP contribution in [0.25, 0.3) is 0 Å². The van der Waals surface area contributed by atoms with E-state index in [1.165, 1.54) is 4.90 Å². The Kier molecular flexibility index (Phi) is 4.28. The molecule has 2 rings (SSSR count). The van der Waals surface area contributed by atoms with Gasteiger partial charge < -0.3 is 10.2 Å². The van der Waals surface area contributed by atoms with Crippen LogP contribution in [0.5, 0.6) is 0 Å². The van der Waals surface area contributed by atoms with Crippen molar-refractivity contribution in [2.75, 3.05) is 45.8 Å². The Morgan fingerprint density at radius 3 is 2.65 bits per heavy atom. The van der Waals surface area contributed by atoms with E-state index in [1.54, 1.807) is 4.90 Å². The van der Waals surface area contributed by atoms with Crippen LogP contribution in [0.1, 0.15) is 6.42 Å². The van der Waals surface area contributed by atoms with Crippen molar-refractivity contribution in [3.05, 3.63) is 0 Å². The number of rotatable bonds is 5. The van der Waals surface area contributed by atoms with Crippen LogP contribution < -0.4 is 5.32 Å². The van der Waals surface area contributed by atoms with Gasteiger partial charge in [0.2, 0.25) is 5.91 Å². The molecule has 4 nitrogen and oxygen atoms in total. The van der Waals surface area contributed by atoms with Crippen molar-refractivity contribution in [3.8, 4) is 0 Å². The minimum absolute atomic E-state index is 0.0100. The average Bonchev–Trinajstić information content (AvgIpc) is 2.17. The van der Waals surface area contributed by atoms with E-state index in [4.69, 9.17) is 0 Å². The van der Waals surface area contributed by atoms with Gasteiger partial charge in [-0.15, -0.1) is 0 Å². The summed E-state index contributed by atoms with van der Waals surface area (Å²) in [6, 6.07) is 0. The minimum atomic E-state index is -2.35. The van der Waals surface area contributed by atoms with Crippen molar-refractivity contribution >= 4 is 5.91 Å². The van der Waals surface area contributed by atoms with E-state index < -0.39 is 6.43 Å². The fourth-order valence-electron chi connectivity index (χ4n) is 2.24. The van der Waals surface area contributed by atoms with Gasteiger partial charge in [0.1, 0.15) is 0 Å². The van der Waals surface area contributed by atoms with Crippen molar-refractivity contribution < 1.29 is 13.6 Å². The monoisotopic (exact) mass is 247 g/mol. The van der Waals surface area contributed by atoms with Crippen LogP contribution in [0.3, 0.4) is 0 Å². The standard InChI is InChI=1S/C11H19F2N3O/c12-10(13)7-15-3-4-16(11(17)8-15)2-1-9-5-14-6-9/h9-10,14H,1-8H2.